The van der Waals surface area contributed by atoms with Crippen LogP contribution < -0.4 is 16.4 Å². The lowest BCUT2D eigenvalue weighted by Crippen LogP contribution is -2.50. The number of likely N-dealkylation sites (tertiary alicyclic amines) is 1. The second-order valence-corrected chi connectivity index (χ2v) is 10.2. The quantitative estimate of drug-likeness (QED) is 0.414. The van der Waals surface area contributed by atoms with Gasteiger partial charge in [-0.3, -0.25) is 19.8 Å². The molecule has 1 saturated carbocycles. The molecule has 34 heavy (non-hydrogen) atoms. The maximum atomic E-state index is 13.3. The number of hydrogen-bond acceptors (Lipinski definition) is 5. The number of rotatable bonds is 9. The molecular formula is C26H39N5O3. The molecule has 8 nitrogen and oxygen atoms in total. The first kappa shape index (κ1) is 25.7. The van der Waals surface area contributed by atoms with Crippen molar-refractivity contribution in [2.24, 2.45) is 17.1 Å². The first-order valence-electron chi connectivity index (χ1n) is 12.5. The molecule has 186 valence electrons. The van der Waals surface area contributed by atoms with Crippen LogP contribution in [0.4, 0.5) is 5.69 Å². The summed E-state index contributed by atoms with van der Waals surface area (Å²) in [6.45, 7) is 6.93. The van der Waals surface area contributed by atoms with Crippen molar-refractivity contribution in [3.05, 3.63) is 29.8 Å². The number of carbonyl (C=O) groups excluding carboxylic acids is 3. The van der Waals surface area contributed by atoms with E-state index in [1.54, 1.807) is 29.2 Å². The monoisotopic (exact) mass is 469 g/mol. The molecular weight excluding hydrogens is 430 g/mol. The molecule has 1 aromatic carbocycles. The topological polar surface area (TPSA) is 128 Å². The van der Waals surface area contributed by atoms with E-state index in [2.05, 4.69) is 31.4 Å². The number of para-hydroxylation sites is 1. The second kappa shape index (κ2) is 11.0. The zero-order chi connectivity index (χ0) is 24.9. The minimum Gasteiger partial charge on any atom is -0.376 e. The first-order valence-corrected chi connectivity index (χ1v) is 12.5. The molecule has 1 saturated heterocycles. The Morgan fingerprint density at radius 2 is 1.94 bits per heavy atom. The van der Waals surface area contributed by atoms with Gasteiger partial charge >= 0.3 is 0 Å². The van der Waals surface area contributed by atoms with Crippen LogP contribution in [0.1, 0.15) is 71.3 Å². The number of hydrogen-bond donors (Lipinski definition) is 4. The Bertz CT molecular complexity index is 933. The van der Waals surface area contributed by atoms with Crippen LogP contribution in [0.15, 0.2) is 24.3 Å². The number of amides is 3. The molecule has 1 aromatic rings. The molecule has 4 unspecified atom stereocenters. The number of nitrogens with one attached hydrogen (secondary N) is 3. The average molecular weight is 470 g/mol. The zero-order valence-electron chi connectivity index (χ0n) is 20.7. The van der Waals surface area contributed by atoms with Crippen LogP contribution in [-0.2, 0) is 14.4 Å². The molecule has 8 heteroatoms. The molecule has 1 aliphatic heterocycles. The van der Waals surface area contributed by atoms with E-state index in [1.165, 1.54) is 6.42 Å². The predicted octanol–water partition coefficient (Wildman–Crippen LogP) is 3.05. The summed E-state index contributed by atoms with van der Waals surface area (Å²) in [5.41, 5.74) is 5.69. The molecule has 3 rings (SSSR count). The fourth-order valence-electron chi connectivity index (χ4n) is 5.27. The van der Waals surface area contributed by atoms with E-state index in [9.17, 15) is 14.4 Å². The molecule has 0 bridgehead atoms. The van der Waals surface area contributed by atoms with Crippen molar-refractivity contribution < 1.29 is 14.4 Å². The highest BCUT2D eigenvalue weighted by Crippen LogP contribution is 2.38. The Hall–Kier alpha value is -2.90. The lowest BCUT2D eigenvalue weighted by atomic mass is 9.83. The van der Waals surface area contributed by atoms with Crippen LogP contribution in [0.2, 0.25) is 0 Å². The van der Waals surface area contributed by atoms with Gasteiger partial charge in [-0.05, 0) is 43.1 Å². The molecule has 2 fully saturated rings. The highest BCUT2D eigenvalue weighted by molar-refractivity contribution is 6.44. The van der Waals surface area contributed by atoms with E-state index in [1.807, 2.05) is 0 Å². The number of nitrogens with zero attached hydrogens (tertiary/aromatic N) is 1. The Morgan fingerprint density at radius 1 is 1.21 bits per heavy atom. The van der Waals surface area contributed by atoms with Gasteiger partial charge in [-0.25, -0.2) is 0 Å². The van der Waals surface area contributed by atoms with Crippen molar-refractivity contribution >= 4 is 29.1 Å². The van der Waals surface area contributed by atoms with E-state index in [-0.39, 0.29) is 35.5 Å². The maximum absolute atomic E-state index is 13.3. The molecule has 0 aromatic heterocycles. The van der Waals surface area contributed by atoms with Crippen LogP contribution in [0.3, 0.4) is 0 Å². The van der Waals surface area contributed by atoms with Crippen molar-refractivity contribution in [3.63, 3.8) is 0 Å². The smallest absolute Gasteiger partial charge is 0.267 e. The molecule has 0 radical (unpaired) electrons. The third-order valence-corrected chi connectivity index (χ3v) is 7.67. The van der Waals surface area contributed by atoms with E-state index in [0.29, 0.717) is 30.1 Å². The average Bonchev–Trinajstić information content (AvgIpc) is 3.21. The fourth-order valence-corrected chi connectivity index (χ4v) is 5.27. The van der Waals surface area contributed by atoms with Crippen molar-refractivity contribution in [1.82, 2.24) is 10.2 Å². The van der Waals surface area contributed by atoms with E-state index >= 15 is 0 Å². The molecule has 2 aliphatic rings. The first-order chi connectivity index (χ1) is 16.2. The third kappa shape index (κ3) is 5.96. The van der Waals surface area contributed by atoms with E-state index in [0.717, 1.165) is 32.1 Å². The van der Waals surface area contributed by atoms with Crippen LogP contribution in [0.5, 0.6) is 0 Å². The molecule has 0 spiro atoms. The number of primary amides is 1. The lowest BCUT2D eigenvalue weighted by Gasteiger charge is -2.31. The second-order valence-electron chi connectivity index (χ2n) is 10.2. The van der Waals surface area contributed by atoms with E-state index in [4.69, 9.17) is 11.1 Å². The SMILES string of the molecule is CCC1CCCC(NC(=O)C2CC(C)(CC)CN2C(=O)CNc2ccccc2C(=N)C(N)=O)C1. The standard InChI is InChI=1S/C26H39N5O3/c1-4-17-9-8-10-18(13-17)30-25(34)21-14-26(3,5-2)16-31(21)22(32)15-29-20-12-7-6-11-19(20)23(27)24(28)33/h6-7,11-12,17-18,21,27,29H,4-5,8-10,13-16H2,1-3H3,(H2,28,33)(H,30,34). The number of anilines is 1. The minimum absolute atomic E-state index is 0.0338. The van der Waals surface area contributed by atoms with Gasteiger partial charge in [-0.1, -0.05) is 58.2 Å². The lowest BCUT2D eigenvalue weighted by molar-refractivity contribution is -0.137. The van der Waals surface area contributed by atoms with Gasteiger partial charge in [0.2, 0.25) is 11.8 Å². The normalized spacial score (nSPS) is 26.7. The number of benzene rings is 1. The zero-order valence-corrected chi connectivity index (χ0v) is 20.7. The van der Waals surface area contributed by atoms with Crippen LogP contribution in [0.25, 0.3) is 0 Å². The maximum Gasteiger partial charge on any atom is 0.267 e. The molecule has 1 aliphatic carbocycles. The van der Waals surface area contributed by atoms with Gasteiger partial charge in [0.05, 0.1) is 6.54 Å². The van der Waals surface area contributed by atoms with Crippen molar-refractivity contribution in [3.8, 4) is 0 Å². The summed E-state index contributed by atoms with van der Waals surface area (Å²) in [5, 5.41) is 14.2. The Morgan fingerprint density at radius 3 is 2.62 bits per heavy atom. The number of nitrogens with two attached hydrogens (primary N) is 1. The summed E-state index contributed by atoms with van der Waals surface area (Å²) in [6.07, 6.45) is 7.03. The van der Waals surface area contributed by atoms with Crippen molar-refractivity contribution in [1.29, 1.82) is 5.41 Å². The van der Waals surface area contributed by atoms with Crippen molar-refractivity contribution in [2.45, 2.75) is 77.8 Å². The molecule has 3 amide bonds. The van der Waals surface area contributed by atoms with Gasteiger partial charge in [0.1, 0.15) is 11.8 Å². The molecule has 5 N–H and O–H groups in total. The summed E-state index contributed by atoms with van der Waals surface area (Å²) in [7, 11) is 0. The third-order valence-electron chi connectivity index (χ3n) is 7.67. The summed E-state index contributed by atoms with van der Waals surface area (Å²) in [6, 6.07) is 6.49. The van der Waals surface area contributed by atoms with Crippen LogP contribution in [-0.4, -0.2) is 53.5 Å². The summed E-state index contributed by atoms with van der Waals surface area (Å²) < 4.78 is 0. The Balaban J connectivity index is 1.69. The summed E-state index contributed by atoms with van der Waals surface area (Å²) in [4.78, 5) is 39.8. The summed E-state index contributed by atoms with van der Waals surface area (Å²) in [5.74, 6) is -0.399. The van der Waals surface area contributed by atoms with Gasteiger partial charge in [0, 0.05) is 23.8 Å². The highest BCUT2D eigenvalue weighted by atomic mass is 16.2. The molecule has 1 heterocycles. The Labute approximate surface area is 202 Å². The predicted molar refractivity (Wildman–Crippen MR) is 134 cm³/mol. The van der Waals surface area contributed by atoms with Gasteiger partial charge in [-0.15, -0.1) is 0 Å². The van der Waals surface area contributed by atoms with Crippen molar-refractivity contribution in [2.75, 3.05) is 18.4 Å². The number of carbonyl (C=O) groups is 3. The van der Waals surface area contributed by atoms with Gasteiger partial charge in [-0.2, -0.15) is 0 Å². The Kier molecular flexibility index (Phi) is 8.33. The van der Waals surface area contributed by atoms with Crippen LogP contribution in [0, 0.1) is 16.7 Å². The van der Waals surface area contributed by atoms with E-state index < -0.39 is 11.9 Å². The van der Waals surface area contributed by atoms with Gasteiger partial charge in [0.25, 0.3) is 5.91 Å². The van der Waals surface area contributed by atoms with Gasteiger partial charge in [0.15, 0.2) is 0 Å². The van der Waals surface area contributed by atoms with Gasteiger partial charge < -0.3 is 21.3 Å². The summed E-state index contributed by atoms with van der Waals surface area (Å²) >= 11 is 0. The largest absolute Gasteiger partial charge is 0.376 e. The molecule has 4 atom stereocenters. The fraction of sp³-hybridized carbons (Fsp3) is 0.615. The highest BCUT2D eigenvalue weighted by Gasteiger charge is 2.45. The minimum atomic E-state index is -0.830. The van der Waals surface area contributed by atoms with Crippen LogP contribution >= 0.6 is 0 Å².